The average molecular weight is 261 g/mol. The summed E-state index contributed by atoms with van der Waals surface area (Å²) in [5.74, 6) is 0. The van der Waals surface area contributed by atoms with Crippen molar-refractivity contribution in [3.63, 3.8) is 0 Å². The molecule has 1 aliphatic carbocycles. The van der Waals surface area contributed by atoms with Crippen molar-refractivity contribution in [2.45, 2.75) is 39.3 Å². The number of hydrogen-bond acceptors (Lipinski definition) is 2. The van der Waals surface area contributed by atoms with E-state index in [0.717, 1.165) is 6.42 Å². The summed E-state index contributed by atoms with van der Waals surface area (Å²) in [6.07, 6.45) is 3.50. The van der Waals surface area contributed by atoms with Crippen LogP contribution in [0.2, 0.25) is 0 Å². The van der Waals surface area contributed by atoms with Crippen molar-refractivity contribution in [1.29, 1.82) is 0 Å². The highest BCUT2D eigenvalue weighted by atomic mass is 16.2. The van der Waals surface area contributed by atoms with Crippen LogP contribution in [0.4, 0.5) is 10.5 Å². The lowest BCUT2D eigenvalue weighted by Crippen LogP contribution is -2.44. The van der Waals surface area contributed by atoms with Crippen LogP contribution in [0.25, 0.3) is 0 Å². The molecule has 2 N–H and O–H groups in total. The van der Waals surface area contributed by atoms with E-state index in [4.69, 9.17) is 0 Å². The Labute approximate surface area is 115 Å². The highest BCUT2D eigenvalue weighted by molar-refractivity contribution is 5.74. The molecule has 2 rings (SSSR count). The number of benzene rings is 1. The molecule has 4 nitrogen and oxygen atoms in total. The van der Waals surface area contributed by atoms with E-state index in [0.29, 0.717) is 0 Å². The predicted molar refractivity (Wildman–Crippen MR) is 78.5 cm³/mol. The Hall–Kier alpha value is -1.71. The quantitative estimate of drug-likeness (QED) is 0.821. The third kappa shape index (κ3) is 2.67. The molecule has 1 aliphatic rings. The van der Waals surface area contributed by atoms with Crippen LogP contribution in [0.5, 0.6) is 0 Å². The van der Waals surface area contributed by atoms with Crippen LogP contribution in [0.1, 0.15) is 30.0 Å². The van der Waals surface area contributed by atoms with E-state index in [1.165, 1.54) is 35.2 Å². The minimum atomic E-state index is -0.0785. The Kier molecular flexibility index (Phi) is 3.98. The molecule has 0 aliphatic heterocycles. The summed E-state index contributed by atoms with van der Waals surface area (Å²) in [6.45, 7) is 4.12. The minimum absolute atomic E-state index is 0.0363. The van der Waals surface area contributed by atoms with Crippen LogP contribution in [-0.4, -0.2) is 31.2 Å². The van der Waals surface area contributed by atoms with Gasteiger partial charge in [0.25, 0.3) is 0 Å². The first-order valence-electron chi connectivity index (χ1n) is 6.87. The zero-order valence-corrected chi connectivity index (χ0v) is 12.2. The maximum Gasteiger partial charge on any atom is 0.318 e. The second kappa shape index (κ2) is 5.51. The second-order valence-electron chi connectivity index (χ2n) is 5.24. The molecule has 0 saturated carbocycles. The summed E-state index contributed by atoms with van der Waals surface area (Å²) in [7, 11) is 3.45. The van der Waals surface area contributed by atoms with Crippen LogP contribution in [0.15, 0.2) is 12.1 Å². The fourth-order valence-electron chi connectivity index (χ4n) is 2.64. The zero-order chi connectivity index (χ0) is 14.0. The summed E-state index contributed by atoms with van der Waals surface area (Å²) >= 11 is 0. The Bertz CT molecular complexity index is 485. The van der Waals surface area contributed by atoms with E-state index < -0.39 is 0 Å². The first-order chi connectivity index (χ1) is 9.04. The highest BCUT2D eigenvalue weighted by Gasteiger charge is 2.20. The number of rotatable bonds is 3. The lowest BCUT2D eigenvalue weighted by Gasteiger charge is -2.28. The molecule has 1 aromatic rings. The van der Waals surface area contributed by atoms with Gasteiger partial charge in [0, 0.05) is 19.8 Å². The van der Waals surface area contributed by atoms with Gasteiger partial charge in [-0.15, -0.1) is 0 Å². The number of anilines is 1. The lowest BCUT2D eigenvalue weighted by atomic mass is 10.0. The summed E-state index contributed by atoms with van der Waals surface area (Å²) in [5, 5.41) is 6.14. The Morgan fingerprint density at radius 1 is 1.37 bits per heavy atom. The lowest BCUT2D eigenvalue weighted by molar-refractivity contribution is 0.201. The van der Waals surface area contributed by atoms with E-state index >= 15 is 0 Å². The van der Waals surface area contributed by atoms with E-state index in [1.54, 1.807) is 19.0 Å². The maximum absolute atomic E-state index is 11.6. The molecule has 0 saturated heterocycles. The van der Waals surface area contributed by atoms with Crippen molar-refractivity contribution in [3.05, 3.63) is 28.8 Å². The van der Waals surface area contributed by atoms with Gasteiger partial charge in [-0.25, -0.2) is 4.79 Å². The highest BCUT2D eigenvalue weighted by Crippen LogP contribution is 2.32. The Morgan fingerprint density at radius 2 is 2.11 bits per heavy atom. The van der Waals surface area contributed by atoms with E-state index in [1.807, 2.05) is 6.92 Å². The molecule has 1 aromatic carbocycles. The second-order valence-corrected chi connectivity index (χ2v) is 5.24. The van der Waals surface area contributed by atoms with Crippen LogP contribution >= 0.6 is 0 Å². The van der Waals surface area contributed by atoms with Gasteiger partial charge in [-0.3, -0.25) is 0 Å². The molecular formula is C15H23N3O. The topological polar surface area (TPSA) is 44.4 Å². The number of aryl methyl sites for hydroxylation is 2. The molecule has 2 amide bonds. The van der Waals surface area contributed by atoms with Crippen LogP contribution < -0.4 is 10.6 Å². The molecule has 104 valence electrons. The normalized spacial score (nSPS) is 14.7. The van der Waals surface area contributed by atoms with Gasteiger partial charge < -0.3 is 15.5 Å². The van der Waals surface area contributed by atoms with Gasteiger partial charge in [0.1, 0.15) is 6.17 Å². The number of amides is 2. The maximum atomic E-state index is 11.6. The molecule has 1 unspecified atom stereocenters. The SMILES string of the molecule is CNC(=O)N(C)C(C)Nc1c(C)ccc2c1CCC2. The van der Waals surface area contributed by atoms with Crippen molar-refractivity contribution in [2.75, 3.05) is 19.4 Å². The number of urea groups is 1. The number of fused-ring (bicyclic) bond motifs is 1. The van der Waals surface area contributed by atoms with E-state index in [9.17, 15) is 4.79 Å². The smallest absolute Gasteiger partial charge is 0.318 e. The predicted octanol–water partition coefficient (Wildman–Crippen LogP) is 2.51. The minimum Gasteiger partial charge on any atom is -0.365 e. The summed E-state index contributed by atoms with van der Waals surface area (Å²) < 4.78 is 0. The Balaban J connectivity index is 2.20. The number of carbonyl (C=O) groups excluding carboxylic acids is 1. The average Bonchev–Trinajstić information content (AvgIpc) is 2.88. The third-order valence-corrected chi connectivity index (χ3v) is 3.96. The number of carbonyl (C=O) groups is 1. The fourth-order valence-corrected chi connectivity index (χ4v) is 2.64. The van der Waals surface area contributed by atoms with Crippen molar-refractivity contribution >= 4 is 11.7 Å². The molecule has 1 atom stereocenters. The van der Waals surface area contributed by atoms with E-state index in [-0.39, 0.29) is 12.2 Å². The molecule has 19 heavy (non-hydrogen) atoms. The molecule has 0 radical (unpaired) electrons. The van der Waals surface area contributed by atoms with Gasteiger partial charge in [-0.2, -0.15) is 0 Å². The molecule has 0 spiro atoms. The van der Waals surface area contributed by atoms with Gasteiger partial charge in [0.2, 0.25) is 0 Å². The summed E-state index contributed by atoms with van der Waals surface area (Å²) in [6, 6.07) is 4.32. The molecular weight excluding hydrogens is 238 g/mol. The van der Waals surface area contributed by atoms with Crippen molar-refractivity contribution in [2.24, 2.45) is 0 Å². The van der Waals surface area contributed by atoms with Gasteiger partial charge in [0.05, 0.1) is 0 Å². The van der Waals surface area contributed by atoms with Crippen LogP contribution in [-0.2, 0) is 12.8 Å². The number of hydrogen-bond donors (Lipinski definition) is 2. The standard InChI is InChI=1S/C15H23N3O/c1-10-8-9-12-6-5-7-13(12)14(10)17-11(2)18(4)15(19)16-3/h8-9,11,17H,5-7H2,1-4H3,(H,16,19). The monoisotopic (exact) mass is 261 g/mol. The zero-order valence-electron chi connectivity index (χ0n) is 12.2. The van der Waals surface area contributed by atoms with Gasteiger partial charge >= 0.3 is 6.03 Å². The van der Waals surface area contributed by atoms with Gasteiger partial charge in [0.15, 0.2) is 0 Å². The number of nitrogens with one attached hydrogen (secondary N) is 2. The van der Waals surface area contributed by atoms with E-state index in [2.05, 4.69) is 29.7 Å². The summed E-state index contributed by atoms with van der Waals surface area (Å²) in [4.78, 5) is 13.3. The van der Waals surface area contributed by atoms with Crippen LogP contribution in [0.3, 0.4) is 0 Å². The first-order valence-corrected chi connectivity index (χ1v) is 6.87. The Morgan fingerprint density at radius 3 is 2.79 bits per heavy atom. The molecule has 0 fully saturated rings. The first kappa shape index (κ1) is 13.7. The van der Waals surface area contributed by atoms with Crippen molar-refractivity contribution in [1.82, 2.24) is 10.2 Å². The fraction of sp³-hybridized carbons (Fsp3) is 0.533. The molecule has 0 heterocycles. The molecule has 0 aromatic heterocycles. The third-order valence-electron chi connectivity index (χ3n) is 3.96. The van der Waals surface area contributed by atoms with Gasteiger partial charge in [-0.1, -0.05) is 12.1 Å². The molecule has 4 heteroatoms. The molecule has 0 bridgehead atoms. The van der Waals surface area contributed by atoms with Crippen molar-refractivity contribution in [3.8, 4) is 0 Å². The summed E-state index contributed by atoms with van der Waals surface area (Å²) in [5.41, 5.74) is 5.33. The largest absolute Gasteiger partial charge is 0.365 e. The van der Waals surface area contributed by atoms with Gasteiger partial charge in [-0.05, 0) is 49.8 Å². The van der Waals surface area contributed by atoms with Crippen molar-refractivity contribution < 1.29 is 4.79 Å². The van der Waals surface area contributed by atoms with Crippen LogP contribution in [0, 0.1) is 6.92 Å². The number of nitrogens with zero attached hydrogens (tertiary/aromatic N) is 1.